The third kappa shape index (κ3) is 7.06. The number of hydrogen-bond donors (Lipinski definition) is 3. The molecule has 0 aromatic rings. The smallest absolute Gasteiger partial charge is 0.103 e. The summed E-state index contributed by atoms with van der Waals surface area (Å²) >= 11 is 0. The molecular weight excluding hydrogens is 180 g/mol. The second-order valence-corrected chi connectivity index (χ2v) is 3.60. The molecule has 0 saturated heterocycles. The fourth-order valence-electron chi connectivity index (χ4n) is 1.31. The average molecular weight is 202 g/mol. The van der Waals surface area contributed by atoms with Crippen LogP contribution in [-0.2, 0) is 0 Å². The quantitative estimate of drug-likeness (QED) is 0.389. The maximum absolute atomic E-state index is 9.29. The summed E-state index contributed by atoms with van der Waals surface area (Å²) in [5.41, 5.74) is 0. The molecule has 0 amide bonds. The highest BCUT2D eigenvalue weighted by Gasteiger charge is 2.13. The van der Waals surface area contributed by atoms with Crippen LogP contribution in [0.15, 0.2) is 12.7 Å². The minimum atomic E-state index is -0.983. The van der Waals surface area contributed by atoms with Gasteiger partial charge in [0.2, 0.25) is 0 Å². The van der Waals surface area contributed by atoms with Gasteiger partial charge >= 0.3 is 0 Å². The van der Waals surface area contributed by atoms with Crippen molar-refractivity contribution in [3.63, 3.8) is 0 Å². The summed E-state index contributed by atoms with van der Waals surface area (Å²) in [7, 11) is 0. The topological polar surface area (TPSA) is 60.7 Å². The van der Waals surface area contributed by atoms with Crippen molar-refractivity contribution in [2.75, 3.05) is 6.61 Å². The van der Waals surface area contributed by atoms with Crippen molar-refractivity contribution in [1.29, 1.82) is 0 Å². The molecule has 0 aliphatic rings. The van der Waals surface area contributed by atoms with Crippen LogP contribution >= 0.6 is 0 Å². The molecule has 0 radical (unpaired) electrons. The monoisotopic (exact) mass is 202 g/mol. The van der Waals surface area contributed by atoms with E-state index in [0.717, 1.165) is 32.1 Å². The molecule has 0 saturated carbocycles. The van der Waals surface area contributed by atoms with Gasteiger partial charge in [0.15, 0.2) is 0 Å². The Morgan fingerprint density at radius 1 is 1.00 bits per heavy atom. The average Bonchev–Trinajstić information content (AvgIpc) is 2.21. The van der Waals surface area contributed by atoms with Crippen molar-refractivity contribution in [3.05, 3.63) is 12.7 Å². The molecule has 0 spiro atoms. The zero-order chi connectivity index (χ0) is 10.8. The summed E-state index contributed by atoms with van der Waals surface area (Å²) in [6.07, 6.45) is 5.99. The van der Waals surface area contributed by atoms with Gasteiger partial charge in [0.05, 0.1) is 12.7 Å². The van der Waals surface area contributed by atoms with Gasteiger partial charge in [-0.15, -0.1) is 6.58 Å². The molecule has 0 rings (SSSR count). The lowest BCUT2D eigenvalue weighted by Gasteiger charge is -2.14. The Kier molecular flexibility index (Phi) is 8.94. The Balaban J connectivity index is 3.22. The van der Waals surface area contributed by atoms with Crippen LogP contribution in [0.2, 0.25) is 0 Å². The highest BCUT2D eigenvalue weighted by atomic mass is 16.4. The molecule has 0 aliphatic heterocycles. The van der Waals surface area contributed by atoms with Gasteiger partial charge in [-0.3, -0.25) is 0 Å². The van der Waals surface area contributed by atoms with Crippen LogP contribution in [-0.4, -0.2) is 34.1 Å². The third-order valence-electron chi connectivity index (χ3n) is 2.29. The van der Waals surface area contributed by atoms with Crippen LogP contribution in [0.25, 0.3) is 0 Å². The van der Waals surface area contributed by atoms with E-state index in [1.165, 1.54) is 0 Å². The molecule has 14 heavy (non-hydrogen) atoms. The molecule has 3 N–H and O–H groups in total. The van der Waals surface area contributed by atoms with E-state index in [0.29, 0.717) is 6.42 Å². The Morgan fingerprint density at radius 3 is 2.21 bits per heavy atom. The molecule has 2 atom stereocenters. The molecule has 84 valence electrons. The van der Waals surface area contributed by atoms with E-state index >= 15 is 0 Å². The molecule has 0 aliphatic carbocycles. The normalized spacial score (nSPS) is 15.1. The number of allylic oxidation sites excluding steroid dienone is 1. The van der Waals surface area contributed by atoms with Crippen LogP contribution in [0, 0.1) is 0 Å². The van der Waals surface area contributed by atoms with Gasteiger partial charge in [0.25, 0.3) is 0 Å². The summed E-state index contributed by atoms with van der Waals surface area (Å²) in [5.74, 6) is 0. The first-order valence-electron chi connectivity index (χ1n) is 5.30. The number of aliphatic hydroxyl groups excluding tert-OH is 3. The van der Waals surface area contributed by atoms with Crippen molar-refractivity contribution in [2.45, 2.75) is 50.7 Å². The maximum atomic E-state index is 9.29. The summed E-state index contributed by atoms with van der Waals surface area (Å²) < 4.78 is 0. The van der Waals surface area contributed by atoms with E-state index in [4.69, 9.17) is 10.2 Å². The van der Waals surface area contributed by atoms with Crippen molar-refractivity contribution in [1.82, 2.24) is 0 Å². The summed E-state index contributed by atoms with van der Waals surface area (Å²) in [5, 5.41) is 26.9. The molecule has 0 bridgehead atoms. The van der Waals surface area contributed by atoms with E-state index < -0.39 is 12.2 Å². The number of aliphatic hydroxyl groups is 3. The fraction of sp³-hybridized carbons (Fsp3) is 0.818. The third-order valence-corrected chi connectivity index (χ3v) is 2.29. The highest BCUT2D eigenvalue weighted by Crippen LogP contribution is 2.09. The second kappa shape index (κ2) is 9.19. The molecule has 0 fully saturated rings. The van der Waals surface area contributed by atoms with Gasteiger partial charge in [0, 0.05) is 0 Å². The molecule has 0 heterocycles. The van der Waals surface area contributed by atoms with Gasteiger partial charge in [-0.05, 0) is 19.3 Å². The first-order chi connectivity index (χ1) is 6.72. The molecular formula is C11H22O3. The lowest BCUT2D eigenvalue weighted by molar-refractivity contribution is -0.0185. The largest absolute Gasteiger partial charge is 0.394 e. The highest BCUT2D eigenvalue weighted by molar-refractivity contribution is 4.67. The van der Waals surface area contributed by atoms with E-state index in [1.54, 1.807) is 0 Å². The number of rotatable bonds is 9. The zero-order valence-electron chi connectivity index (χ0n) is 8.73. The minimum Gasteiger partial charge on any atom is -0.394 e. The van der Waals surface area contributed by atoms with Gasteiger partial charge < -0.3 is 15.3 Å². The van der Waals surface area contributed by atoms with E-state index in [9.17, 15) is 5.11 Å². The molecule has 0 aromatic carbocycles. The number of hydrogen-bond acceptors (Lipinski definition) is 3. The standard InChI is InChI=1S/C11H22O3/c1-2-3-4-5-6-7-8-10(13)11(14)9-12/h2,10-14H,1,3-9H2. The van der Waals surface area contributed by atoms with Crippen molar-refractivity contribution in [3.8, 4) is 0 Å². The molecule has 3 heteroatoms. The van der Waals surface area contributed by atoms with Gasteiger partial charge in [-0.1, -0.05) is 25.3 Å². The van der Waals surface area contributed by atoms with Crippen LogP contribution in [0.4, 0.5) is 0 Å². The van der Waals surface area contributed by atoms with Crippen LogP contribution in [0.5, 0.6) is 0 Å². The van der Waals surface area contributed by atoms with Gasteiger partial charge in [0.1, 0.15) is 6.10 Å². The van der Waals surface area contributed by atoms with Gasteiger partial charge in [-0.25, -0.2) is 0 Å². The SMILES string of the molecule is C=CCCCCCCC(O)C(O)CO. The zero-order valence-corrected chi connectivity index (χ0v) is 8.73. The Hall–Kier alpha value is -0.380. The summed E-state index contributed by atoms with van der Waals surface area (Å²) in [6, 6.07) is 0. The summed E-state index contributed by atoms with van der Waals surface area (Å²) in [6.45, 7) is 3.28. The Morgan fingerprint density at radius 2 is 1.64 bits per heavy atom. The van der Waals surface area contributed by atoms with E-state index in [1.807, 2.05) is 6.08 Å². The van der Waals surface area contributed by atoms with Crippen molar-refractivity contribution in [2.24, 2.45) is 0 Å². The molecule has 3 nitrogen and oxygen atoms in total. The Bertz CT molecular complexity index is 136. The Labute approximate surface area is 86.1 Å². The second-order valence-electron chi connectivity index (χ2n) is 3.60. The van der Waals surface area contributed by atoms with Crippen molar-refractivity contribution >= 4 is 0 Å². The fourth-order valence-corrected chi connectivity index (χ4v) is 1.31. The lowest BCUT2D eigenvalue weighted by atomic mass is 10.0. The number of unbranched alkanes of at least 4 members (excludes halogenated alkanes) is 4. The molecule has 0 aromatic heterocycles. The van der Waals surface area contributed by atoms with Crippen LogP contribution < -0.4 is 0 Å². The lowest BCUT2D eigenvalue weighted by Crippen LogP contribution is -2.28. The minimum absolute atomic E-state index is 0.363. The predicted octanol–water partition coefficient (Wildman–Crippen LogP) is 1.23. The van der Waals surface area contributed by atoms with Crippen molar-refractivity contribution < 1.29 is 15.3 Å². The molecule has 2 unspecified atom stereocenters. The first kappa shape index (κ1) is 13.6. The van der Waals surface area contributed by atoms with E-state index in [-0.39, 0.29) is 6.61 Å². The first-order valence-corrected chi connectivity index (χ1v) is 5.30. The van der Waals surface area contributed by atoms with Crippen LogP contribution in [0.1, 0.15) is 38.5 Å². The van der Waals surface area contributed by atoms with Gasteiger partial charge in [-0.2, -0.15) is 0 Å². The maximum Gasteiger partial charge on any atom is 0.103 e. The van der Waals surface area contributed by atoms with E-state index in [2.05, 4.69) is 6.58 Å². The predicted molar refractivity (Wildman–Crippen MR) is 57.0 cm³/mol. The summed E-state index contributed by atoms with van der Waals surface area (Å²) in [4.78, 5) is 0. The van der Waals surface area contributed by atoms with Crippen LogP contribution in [0.3, 0.4) is 0 Å².